The predicted octanol–water partition coefficient (Wildman–Crippen LogP) is 0.393. The Bertz CT molecular complexity index is 303. The van der Waals surface area contributed by atoms with E-state index in [1.165, 1.54) is 0 Å². The van der Waals surface area contributed by atoms with Crippen LogP contribution in [0, 0.1) is 0 Å². The average Bonchev–Trinajstić information content (AvgIpc) is 2.83. The zero-order chi connectivity index (χ0) is 13.0. The summed E-state index contributed by atoms with van der Waals surface area (Å²) in [4.78, 5) is 2.25. The number of hydrogen-bond donors (Lipinski definition) is 2. The number of nitrogens with zero attached hydrogens (tertiary/aromatic N) is 2. The molecular weight excluding hydrogens is 234 g/mol. The molecule has 3 N–H and O–H groups in total. The maximum Gasteiger partial charge on any atom is 0.153 e. The van der Waals surface area contributed by atoms with Gasteiger partial charge in [0.15, 0.2) is 5.84 Å². The lowest BCUT2D eigenvalue weighted by Gasteiger charge is -2.41. The predicted molar refractivity (Wildman–Crippen MR) is 67.8 cm³/mol. The van der Waals surface area contributed by atoms with Gasteiger partial charge in [-0.15, -0.1) is 0 Å². The van der Waals surface area contributed by atoms with Crippen LogP contribution in [-0.4, -0.2) is 60.5 Å². The molecule has 2 rings (SSSR count). The van der Waals surface area contributed by atoms with E-state index in [2.05, 4.69) is 17.0 Å². The van der Waals surface area contributed by atoms with E-state index in [0.717, 1.165) is 39.0 Å². The summed E-state index contributed by atoms with van der Waals surface area (Å²) < 4.78 is 11.4. The molecule has 18 heavy (non-hydrogen) atoms. The lowest BCUT2D eigenvalue weighted by molar-refractivity contribution is -0.104. The molecule has 2 atom stereocenters. The standard InChI is InChI=1S/C12H23N3O3/c1-2-15(8-11(13)14-16)10-3-5-18-12(7-10)4-6-17-9-12/h10,16H,2-9H2,1H3,(H2,13,14). The SMILES string of the molecule is CCN(CC(N)=NO)C1CCOC2(CCOC2)C1. The molecule has 0 bridgehead atoms. The van der Waals surface area contributed by atoms with Crippen LogP contribution >= 0.6 is 0 Å². The van der Waals surface area contributed by atoms with Crippen LogP contribution in [0.25, 0.3) is 0 Å². The molecule has 0 saturated carbocycles. The maximum atomic E-state index is 8.67. The summed E-state index contributed by atoms with van der Waals surface area (Å²) in [6.07, 6.45) is 2.94. The Balaban J connectivity index is 1.97. The first-order valence-corrected chi connectivity index (χ1v) is 6.61. The highest BCUT2D eigenvalue weighted by molar-refractivity contribution is 5.81. The van der Waals surface area contributed by atoms with E-state index in [9.17, 15) is 0 Å². The first-order chi connectivity index (χ1) is 8.69. The molecule has 2 aliphatic rings. The molecule has 6 nitrogen and oxygen atoms in total. The van der Waals surface area contributed by atoms with Gasteiger partial charge in [0.05, 0.1) is 18.8 Å². The van der Waals surface area contributed by atoms with Crippen LogP contribution in [0.15, 0.2) is 5.16 Å². The second-order valence-corrected chi connectivity index (χ2v) is 5.14. The minimum atomic E-state index is -0.0958. The van der Waals surface area contributed by atoms with Crippen molar-refractivity contribution in [3.05, 3.63) is 0 Å². The van der Waals surface area contributed by atoms with Crippen molar-refractivity contribution in [3.63, 3.8) is 0 Å². The summed E-state index contributed by atoms with van der Waals surface area (Å²) >= 11 is 0. The van der Waals surface area contributed by atoms with E-state index in [1.807, 2.05) is 0 Å². The first-order valence-electron chi connectivity index (χ1n) is 6.61. The topological polar surface area (TPSA) is 80.3 Å². The van der Waals surface area contributed by atoms with Gasteiger partial charge >= 0.3 is 0 Å². The maximum absolute atomic E-state index is 8.67. The fourth-order valence-electron chi connectivity index (χ4n) is 2.92. The number of oxime groups is 1. The number of nitrogens with two attached hydrogens (primary N) is 1. The van der Waals surface area contributed by atoms with Crippen molar-refractivity contribution in [1.29, 1.82) is 0 Å². The largest absolute Gasteiger partial charge is 0.409 e. The van der Waals surface area contributed by atoms with Crippen LogP contribution in [0.3, 0.4) is 0 Å². The van der Waals surface area contributed by atoms with Gasteiger partial charge in [-0.05, 0) is 19.4 Å². The highest BCUT2D eigenvalue weighted by atomic mass is 16.6. The van der Waals surface area contributed by atoms with Crippen molar-refractivity contribution >= 4 is 5.84 Å². The highest BCUT2D eigenvalue weighted by Gasteiger charge is 2.42. The number of likely N-dealkylation sites (N-methyl/N-ethyl adjacent to an activating group) is 1. The summed E-state index contributed by atoms with van der Waals surface area (Å²) in [7, 11) is 0. The number of rotatable bonds is 4. The van der Waals surface area contributed by atoms with Crippen LogP contribution in [0.5, 0.6) is 0 Å². The lowest BCUT2D eigenvalue weighted by Crippen LogP contribution is -2.51. The van der Waals surface area contributed by atoms with Gasteiger partial charge in [-0.1, -0.05) is 12.1 Å². The second kappa shape index (κ2) is 5.86. The zero-order valence-electron chi connectivity index (χ0n) is 11.0. The van der Waals surface area contributed by atoms with Crippen LogP contribution in [0.1, 0.15) is 26.2 Å². The van der Waals surface area contributed by atoms with Gasteiger partial charge < -0.3 is 20.4 Å². The molecule has 0 radical (unpaired) electrons. The van der Waals surface area contributed by atoms with Crippen molar-refractivity contribution < 1.29 is 14.7 Å². The van der Waals surface area contributed by atoms with Crippen molar-refractivity contribution in [2.75, 3.05) is 32.9 Å². The summed E-state index contributed by atoms with van der Waals surface area (Å²) in [6.45, 7) is 5.74. The van der Waals surface area contributed by atoms with Crippen LogP contribution in [-0.2, 0) is 9.47 Å². The minimum absolute atomic E-state index is 0.0958. The molecule has 0 aromatic rings. The summed E-state index contributed by atoms with van der Waals surface area (Å²) in [5.74, 6) is 0.264. The molecule has 0 aromatic heterocycles. The molecular formula is C12H23N3O3. The average molecular weight is 257 g/mol. The normalized spacial score (nSPS) is 33.4. The number of amidine groups is 1. The van der Waals surface area contributed by atoms with E-state index in [0.29, 0.717) is 19.2 Å². The molecule has 0 aliphatic carbocycles. The van der Waals surface area contributed by atoms with Crippen molar-refractivity contribution in [1.82, 2.24) is 4.90 Å². The van der Waals surface area contributed by atoms with E-state index >= 15 is 0 Å². The zero-order valence-corrected chi connectivity index (χ0v) is 11.0. The quantitative estimate of drug-likeness (QED) is 0.330. The van der Waals surface area contributed by atoms with Gasteiger partial charge in [0.25, 0.3) is 0 Å². The Morgan fingerprint density at radius 3 is 3.00 bits per heavy atom. The number of hydrogen-bond acceptors (Lipinski definition) is 5. The summed E-state index contributed by atoms with van der Waals surface area (Å²) in [5.41, 5.74) is 5.51. The minimum Gasteiger partial charge on any atom is -0.409 e. The fourth-order valence-corrected chi connectivity index (χ4v) is 2.92. The van der Waals surface area contributed by atoms with Crippen molar-refractivity contribution in [2.24, 2.45) is 10.9 Å². The Kier molecular flexibility index (Phi) is 4.42. The van der Waals surface area contributed by atoms with Crippen molar-refractivity contribution in [2.45, 2.75) is 37.8 Å². The van der Waals surface area contributed by atoms with Crippen LogP contribution in [0.2, 0.25) is 0 Å². The van der Waals surface area contributed by atoms with E-state index in [1.54, 1.807) is 0 Å². The molecule has 2 saturated heterocycles. The van der Waals surface area contributed by atoms with Gasteiger partial charge in [0.2, 0.25) is 0 Å². The lowest BCUT2D eigenvalue weighted by atomic mass is 9.89. The molecule has 0 amide bonds. The third-order valence-electron chi connectivity index (χ3n) is 3.95. The molecule has 104 valence electrons. The van der Waals surface area contributed by atoms with E-state index in [4.69, 9.17) is 20.4 Å². The molecule has 2 heterocycles. The third kappa shape index (κ3) is 2.93. The Morgan fingerprint density at radius 2 is 2.39 bits per heavy atom. The molecule has 2 unspecified atom stereocenters. The highest BCUT2D eigenvalue weighted by Crippen LogP contribution is 2.34. The van der Waals surface area contributed by atoms with E-state index in [-0.39, 0.29) is 11.4 Å². The van der Waals surface area contributed by atoms with Gasteiger partial charge in [-0.3, -0.25) is 4.90 Å². The summed E-state index contributed by atoms with van der Waals surface area (Å²) in [6, 6.07) is 0.422. The third-order valence-corrected chi connectivity index (χ3v) is 3.95. The molecule has 1 spiro atoms. The Hall–Kier alpha value is -0.850. The number of ether oxygens (including phenoxy) is 2. The van der Waals surface area contributed by atoms with Crippen molar-refractivity contribution in [3.8, 4) is 0 Å². The molecule has 2 fully saturated rings. The van der Waals surface area contributed by atoms with Gasteiger partial charge in [-0.2, -0.15) is 0 Å². The van der Waals surface area contributed by atoms with E-state index < -0.39 is 0 Å². The monoisotopic (exact) mass is 257 g/mol. The Morgan fingerprint density at radius 1 is 1.56 bits per heavy atom. The smallest absolute Gasteiger partial charge is 0.153 e. The summed E-state index contributed by atoms with van der Waals surface area (Å²) in [5, 5.41) is 11.7. The van der Waals surface area contributed by atoms with Gasteiger partial charge in [0, 0.05) is 25.7 Å². The fraction of sp³-hybridized carbons (Fsp3) is 0.917. The Labute approximate surface area is 108 Å². The molecule has 6 heteroatoms. The van der Waals surface area contributed by atoms with Gasteiger partial charge in [0.1, 0.15) is 0 Å². The second-order valence-electron chi connectivity index (χ2n) is 5.14. The van der Waals surface area contributed by atoms with Crippen LogP contribution in [0.4, 0.5) is 0 Å². The first kappa shape index (κ1) is 13.6. The van der Waals surface area contributed by atoms with Gasteiger partial charge in [-0.25, -0.2) is 0 Å². The molecule has 2 aliphatic heterocycles. The molecule has 0 aromatic carbocycles. The van der Waals surface area contributed by atoms with Crippen LogP contribution < -0.4 is 5.73 Å².